The molecular formula is C21H14Br2ClNO4. The second-order valence-electron chi connectivity index (χ2n) is 5.82. The average molecular weight is 540 g/mol. The molecule has 3 aromatic rings. The maximum absolute atomic E-state index is 12.3. The van der Waals surface area contributed by atoms with Gasteiger partial charge in [-0.1, -0.05) is 27.5 Å². The van der Waals surface area contributed by atoms with Crippen molar-refractivity contribution >= 4 is 61.0 Å². The molecule has 0 aliphatic heterocycles. The van der Waals surface area contributed by atoms with E-state index in [0.29, 0.717) is 27.8 Å². The Labute approximate surface area is 189 Å². The third-order valence-corrected chi connectivity index (χ3v) is 5.05. The molecule has 0 heterocycles. The highest BCUT2D eigenvalue weighted by Crippen LogP contribution is 2.28. The van der Waals surface area contributed by atoms with E-state index < -0.39 is 5.97 Å². The summed E-state index contributed by atoms with van der Waals surface area (Å²) < 4.78 is 12.3. The van der Waals surface area contributed by atoms with Gasteiger partial charge in [0, 0.05) is 20.7 Å². The van der Waals surface area contributed by atoms with Crippen molar-refractivity contribution in [3.05, 3.63) is 86.3 Å². The smallest absolute Gasteiger partial charge is 0.349 e. The summed E-state index contributed by atoms with van der Waals surface area (Å²) in [5.41, 5.74) is 1.06. The maximum atomic E-state index is 12.3. The van der Waals surface area contributed by atoms with Gasteiger partial charge in [-0.05, 0) is 82.7 Å². The number of amides is 1. The molecule has 8 heteroatoms. The number of halogens is 3. The van der Waals surface area contributed by atoms with Gasteiger partial charge in [0.1, 0.15) is 11.5 Å². The lowest BCUT2D eigenvalue weighted by atomic mass is 10.2. The van der Waals surface area contributed by atoms with Crippen molar-refractivity contribution in [3.63, 3.8) is 0 Å². The second kappa shape index (κ2) is 9.91. The number of ether oxygens (including phenoxy) is 2. The quantitative estimate of drug-likeness (QED) is 0.304. The number of carbonyl (C=O) groups excluding carboxylic acids is 2. The third kappa shape index (κ3) is 6.32. The van der Waals surface area contributed by atoms with E-state index in [-0.39, 0.29) is 12.5 Å². The van der Waals surface area contributed by atoms with Crippen molar-refractivity contribution < 1.29 is 19.1 Å². The standard InChI is InChI=1S/C21H14Br2ClNO4/c22-14-3-10-19(18(23)11-14)28-12-20(26)29-17-8-1-13(2-9-17)21(27)25-16-6-4-15(24)5-7-16/h1-11H,12H2,(H,25,27). The van der Waals surface area contributed by atoms with E-state index in [0.717, 1.165) is 8.95 Å². The first-order valence-corrected chi connectivity index (χ1v) is 10.3. The number of hydrogen-bond donors (Lipinski definition) is 1. The molecule has 0 aliphatic rings. The number of nitrogens with one attached hydrogen (secondary N) is 1. The van der Waals surface area contributed by atoms with Gasteiger partial charge in [0.15, 0.2) is 6.61 Å². The van der Waals surface area contributed by atoms with Crippen LogP contribution in [0.25, 0.3) is 0 Å². The molecule has 0 radical (unpaired) electrons. The average Bonchev–Trinajstić information content (AvgIpc) is 2.69. The first-order chi connectivity index (χ1) is 13.9. The van der Waals surface area contributed by atoms with E-state index in [4.69, 9.17) is 21.1 Å². The lowest BCUT2D eigenvalue weighted by Gasteiger charge is -2.09. The largest absolute Gasteiger partial charge is 0.481 e. The fourth-order valence-corrected chi connectivity index (χ4v) is 3.59. The van der Waals surface area contributed by atoms with Crippen LogP contribution in [0.1, 0.15) is 10.4 Å². The zero-order valence-electron chi connectivity index (χ0n) is 14.8. The van der Waals surface area contributed by atoms with Crippen LogP contribution in [0.2, 0.25) is 5.02 Å². The van der Waals surface area contributed by atoms with Gasteiger partial charge in [0.05, 0.1) is 4.47 Å². The molecule has 29 heavy (non-hydrogen) atoms. The van der Waals surface area contributed by atoms with E-state index in [1.807, 2.05) is 6.07 Å². The molecular weight excluding hydrogens is 525 g/mol. The highest BCUT2D eigenvalue weighted by Gasteiger charge is 2.10. The van der Waals surface area contributed by atoms with Gasteiger partial charge in [-0.15, -0.1) is 0 Å². The van der Waals surface area contributed by atoms with E-state index in [2.05, 4.69) is 37.2 Å². The summed E-state index contributed by atoms with van der Waals surface area (Å²) in [6.45, 7) is -0.251. The predicted octanol–water partition coefficient (Wildman–Crippen LogP) is 6.10. The predicted molar refractivity (Wildman–Crippen MR) is 119 cm³/mol. The van der Waals surface area contributed by atoms with Crippen LogP contribution in [-0.4, -0.2) is 18.5 Å². The number of rotatable bonds is 6. The van der Waals surface area contributed by atoms with Crippen LogP contribution in [-0.2, 0) is 4.79 Å². The summed E-state index contributed by atoms with van der Waals surface area (Å²) in [5.74, 6) is 0.00249. The molecule has 0 spiro atoms. The van der Waals surface area contributed by atoms with Gasteiger partial charge < -0.3 is 14.8 Å². The Morgan fingerprint density at radius 1 is 0.931 bits per heavy atom. The zero-order valence-corrected chi connectivity index (χ0v) is 18.8. The van der Waals surface area contributed by atoms with E-state index in [1.165, 1.54) is 0 Å². The molecule has 0 atom stereocenters. The third-order valence-electron chi connectivity index (χ3n) is 3.69. The topological polar surface area (TPSA) is 64.6 Å². The highest BCUT2D eigenvalue weighted by atomic mass is 79.9. The van der Waals surface area contributed by atoms with Gasteiger partial charge in [-0.3, -0.25) is 4.79 Å². The summed E-state index contributed by atoms with van der Waals surface area (Å²) >= 11 is 12.5. The normalized spacial score (nSPS) is 10.3. The van der Waals surface area contributed by atoms with Crippen LogP contribution < -0.4 is 14.8 Å². The Balaban J connectivity index is 1.53. The molecule has 1 N–H and O–H groups in total. The van der Waals surface area contributed by atoms with Crippen LogP contribution in [0.4, 0.5) is 5.69 Å². The van der Waals surface area contributed by atoms with Gasteiger partial charge in [0.25, 0.3) is 5.91 Å². The molecule has 5 nitrogen and oxygen atoms in total. The maximum Gasteiger partial charge on any atom is 0.349 e. The molecule has 3 rings (SSSR count). The van der Waals surface area contributed by atoms with Crippen LogP contribution in [0.15, 0.2) is 75.7 Å². The SMILES string of the molecule is O=C(COc1ccc(Br)cc1Br)Oc1ccc(C(=O)Nc2ccc(Cl)cc2)cc1. The number of hydrogen-bond acceptors (Lipinski definition) is 4. The monoisotopic (exact) mass is 537 g/mol. The first kappa shape index (κ1) is 21.4. The van der Waals surface area contributed by atoms with Crippen molar-refractivity contribution in [3.8, 4) is 11.5 Å². The van der Waals surface area contributed by atoms with Crippen LogP contribution in [0, 0.1) is 0 Å². The highest BCUT2D eigenvalue weighted by molar-refractivity contribution is 9.11. The van der Waals surface area contributed by atoms with Gasteiger partial charge in [0.2, 0.25) is 0 Å². The fourth-order valence-electron chi connectivity index (χ4n) is 2.30. The van der Waals surface area contributed by atoms with Gasteiger partial charge in [-0.25, -0.2) is 4.79 Å². The Bertz CT molecular complexity index is 1020. The molecule has 0 fully saturated rings. The van der Waals surface area contributed by atoms with E-state index >= 15 is 0 Å². The van der Waals surface area contributed by atoms with Crippen molar-refractivity contribution in [2.45, 2.75) is 0 Å². The Hall–Kier alpha value is -2.35. The van der Waals surface area contributed by atoms with Crippen LogP contribution in [0.5, 0.6) is 11.5 Å². The Kier molecular flexibility index (Phi) is 7.30. The minimum atomic E-state index is -0.557. The molecule has 0 aromatic heterocycles. The second-order valence-corrected chi connectivity index (χ2v) is 8.03. The molecule has 0 bridgehead atoms. The van der Waals surface area contributed by atoms with E-state index in [9.17, 15) is 9.59 Å². The number of benzene rings is 3. The minimum absolute atomic E-state index is 0.251. The molecule has 0 aliphatic carbocycles. The van der Waals surface area contributed by atoms with Crippen molar-refractivity contribution in [2.75, 3.05) is 11.9 Å². The molecule has 0 saturated heterocycles. The molecule has 148 valence electrons. The number of anilines is 1. The van der Waals surface area contributed by atoms with Gasteiger partial charge in [-0.2, -0.15) is 0 Å². The zero-order chi connectivity index (χ0) is 20.8. The van der Waals surface area contributed by atoms with Crippen LogP contribution in [0.3, 0.4) is 0 Å². The van der Waals surface area contributed by atoms with Gasteiger partial charge >= 0.3 is 5.97 Å². The summed E-state index contributed by atoms with van der Waals surface area (Å²) in [7, 11) is 0. The lowest BCUT2D eigenvalue weighted by Crippen LogP contribution is -2.18. The summed E-state index contributed by atoms with van der Waals surface area (Å²) in [5, 5.41) is 3.35. The first-order valence-electron chi connectivity index (χ1n) is 8.36. The minimum Gasteiger partial charge on any atom is -0.481 e. The Morgan fingerprint density at radius 2 is 1.62 bits per heavy atom. The fraction of sp³-hybridized carbons (Fsp3) is 0.0476. The lowest BCUT2D eigenvalue weighted by molar-refractivity contribution is -0.136. The molecule has 3 aromatic carbocycles. The number of esters is 1. The summed E-state index contributed by atoms with van der Waals surface area (Å²) in [4.78, 5) is 24.3. The van der Waals surface area contributed by atoms with Crippen LogP contribution >= 0.6 is 43.5 Å². The van der Waals surface area contributed by atoms with E-state index in [1.54, 1.807) is 60.7 Å². The summed E-state index contributed by atoms with van der Waals surface area (Å²) in [6, 6.07) is 18.4. The van der Waals surface area contributed by atoms with Crippen molar-refractivity contribution in [1.29, 1.82) is 0 Å². The Morgan fingerprint density at radius 3 is 2.28 bits per heavy atom. The molecule has 0 saturated carbocycles. The van der Waals surface area contributed by atoms with Crippen molar-refractivity contribution in [1.82, 2.24) is 0 Å². The summed E-state index contributed by atoms with van der Waals surface area (Å²) in [6.07, 6.45) is 0. The van der Waals surface area contributed by atoms with Crippen molar-refractivity contribution in [2.24, 2.45) is 0 Å². The number of carbonyl (C=O) groups is 2. The molecule has 0 unspecified atom stereocenters. The molecule has 1 amide bonds.